The Balaban J connectivity index is 3.20. The van der Waals surface area contributed by atoms with Gasteiger partial charge < -0.3 is 10.4 Å². The maximum absolute atomic E-state index is 8.63. The largest absolute Gasteiger partial charge is 0.396 e. The van der Waals surface area contributed by atoms with Gasteiger partial charge in [0, 0.05) is 18.9 Å². The first-order valence-corrected chi connectivity index (χ1v) is 7.89. The number of rotatable bonds is 12. The van der Waals surface area contributed by atoms with E-state index in [1.54, 1.807) is 0 Å². The van der Waals surface area contributed by atoms with Crippen LogP contribution in [0.4, 0.5) is 0 Å². The van der Waals surface area contributed by atoms with Gasteiger partial charge >= 0.3 is 0 Å². The normalized spacial score (nSPS) is 12.9. The minimum absolute atomic E-state index is 0.329. The number of unbranched alkanes of at least 4 members (excludes halogenated alkanes) is 1. The third-order valence-electron chi connectivity index (χ3n) is 2.85. The lowest BCUT2D eigenvalue weighted by Gasteiger charge is -2.15. The quantitative estimate of drug-likeness (QED) is 0.520. The van der Waals surface area contributed by atoms with E-state index in [4.69, 9.17) is 5.11 Å². The van der Waals surface area contributed by atoms with Crippen LogP contribution < -0.4 is 5.32 Å². The Kier molecular flexibility index (Phi) is 13.6. The Morgan fingerprint density at radius 1 is 1.19 bits per heavy atom. The first-order chi connectivity index (χ1) is 7.85. The fourth-order valence-corrected chi connectivity index (χ4v) is 2.49. The van der Waals surface area contributed by atoms with Gasteiger partial charge in [0.15, 0.2) is 0 Å². The molecule has 2 nitrogen and oxygen atoms in total. The van der Waals surface area contributed by atoms with E-state index < -0.39 is 0 Å². The molecule has 0 amide bonds. The van der Waals surface area contributed by atoms with E-state index in [0.29, 0.717) is 6.61 Å². The van der Waals surface area contributed by atoms with Crippen LogP contribution in [-0.2, 0) is 0 Å². The molecule has 0 heterocycles. The Hall–Kier alpha value is 0.270. The molecule has 0 saturated heterocycles. The smallest absolute Gasteiger partial charge is 0.0438 e. The highest BCUT2D eigenvalue weighted by Gasteiger charge is 2.04. The van der Waals surface area contributed by atoms with E-state index in [-0.39, 0.29) is 0 Å². The van der Waals surface area contributed by atoms with Crippen molar-refractivity contribution in [3.63, 3.8) is 0 Å². The van der Waals surface area contributed by atoms with Gasteiger partial charge in [-0.2, -0.15) is 11.8 Å². The number of aliphatic hydroxyl groups is 1. The summed E-state index contributed by atoms with van der Waals surface area (Å²) in [4.78, 5) is 0. The Morgan fingerprint density at radius 3 is 2.62 bits per heavy atom. The van der Waals surface area contributed by atoms with E-state index in [9.17, 15) is 0 Å². The highest BCUT2D eigenvalue weighted by Crippen LogP contribution is 2.11. The number of nitrogens with one attached hydrogen (secondary N) is 1. The van der Waals surface area contributed by atoms with E-state index in [0.717, 1.165) is 24.6 Å². The molecule has 3 heteroatoms. The van der Waals surface area contributed by atoms with Crippen LogP contribution in [0.5, 0.6) is 0 Å². The van der Waals surface area contributed by atoms with Crippen molar-refractivity contribution in [1.82, 2.24) is 5.32 Å². The topological polar surface area (TPSA) is 32.3 Å². The number of thioether (sulfide) groups is 1. The van der Waals surface area contributed by atoms with Crippen LogP contribution in [0.25, 0.3) is 0 Å². The average Bonchev–Trinajstić information content (AvgIpc) is 2.32. The van der Waals surface area contributed by atoms with Crippen molar-refractivity contribution < 1.29 is 5.11 Å². The zero-order valence-electron chi connectivity index (χ0n) is 11.0. The average molecular weight is 247 g/mol. The molecule has 0 aliphatic carbocycles. The third kappa shape index (κ3) is 10.8. The lowest BCUT2D eigenvalue weighted by Crippen LogP contribution is -2.24. The molecule has 0 aromatic carbocycles. The van der Waals surface area contributed by atoms with Crippen molar-refractivity contribution in [1.29, 1.82) is 0 Å². The molecule has 0 spiro atoms. The molecule has 0 bridgehead atoms. The molecule has 1 atom stereocenters. The molecule has 0 radical (unpaired) electrons. The molecule has 0 rings (SSSR count). The summed E-state index contributed by atoms with van der Waals surface area (Å²) in [6.45, 7) is 7.17. The second kappa shape index (κ2) is 13.3. The molecule has 0 saturated carbocycles. The summed E-state index contributed by atoms with van der Waals surface area (Å²) >= 11 is 1.93. The first kappa shape index (κ1) is 16.3. The van der Waals surface area contributed by atoms with Gasteiger partial charge in [-0.05, 0) is 31.1 Å². The van der Waals surface area contributed by atoms with Crippen molar-refractivity contribution in [2.75, 3.05) is 31.2 Å². The lowest BCUT2D eigenvalue weighted by molar-refractivity contribution is 0.296. The van der Waals surface area contributed by atoms with Crippen molar-refractivity contribution in [2.45, 2.75) is 46.0 Å². The lowest BCUT2D eigenvalue weighted by atomic mass is 9.99. The summed E-state index contributed by atoms with van der Waals surface area (Å²) in [5.74, 6) is 3.12. The van der Waals surface area contributed by atoms with Gasteiger partial charge in [0.05, 0.1) is 0 Å². The van der Waals surface area contributed by atoms with Crippen LogP contribution in [0.15, 0.2) is 0 Å². The summed E-state index contributed by atoms with van der Waals surface area (Å²) in [5, 5.41) is 12.2. The zero-order chi connectivity index (χ0) is 12.1. The van der Waals surface area contributed by atoms with E-state index >= 15 is 0 Å². The van der Waals surface area contributed by atoms with E-state index in [2.05, 4.69) is 19.2 Å². The molecule has 0 aromatic heterocycles. The highest BCUT2D eigenvalue weighted by molar-refractivity contribution is 7.99. The minimum atomic E-state index is 0.329. The molecule has 0 fully saturated rings. The minimum Gasteiger partial charge on any atom is -0.396 e. The summed E-state index contributed by atoms with van der Waals surface area (Å²) < 4.78 is 0. The van der Waals surface area contributed by atoms with Crippen molar-refractivity contribution in [3.05, 3.63) is 0 Å². The maximum atomic E-state index is 8.63. The fourth-order valence-electron chi connectivity index (χ4n) is 1.66. The Labute approximate surface area is 106 Å². The fraction of sp³-hybridized carbons (Fsp3) is 1.00. The van der Waals surface area contributed by atoms with Crippen LogP contribution in [0.1, 0.15) is 46.0 Å². The second-order valence-electron chi connectivity index (χ2n) is 4.31. The van der Waals surface area contributed by atoms with Gasteiger partial charge in [-0.15, -0.1) is 0 Å². The van der Waals surface area contributed by atoms with Gasteiger partial charge in [-0.1, -0.05) is 33.1 Å². The Bertz CT molecular complexity index is 133. The molecule has 1 unspecified atom stereocenters. The van der Waals surface area contributed by atoms with E-state index in [1.165, 1.54) is 38.0 Å². The van der Waals surface area contributed by atoms with Crippen molar-refractivity contribution in [3.8, 4) is 0 Å². The molecule has 98 valence electrons. The van der Waals surface area contributed by atoms with Gasteiger partial charge in [0.1, 0.15) is 0 Å². The molecule has 0 aliphatic rings. The summed E-state index contributed by atoms with van der Waals surface area (Å²) in [5.41, 5.74) is 0. The monoisotopic (exact) mass is 247 g/mol. The summed E-state index contributed by atoms with van der Waals surface area (Å²) in [7, 11) is 0. The van der Waals surface area contributed by atoms with Crippen molar-refractivity contribution in [2.24, 2.45) is 5.92 Å². The van der Waals surface area contributed by atoms with Crippen LogP contribution in [0, 0.1) is 5.92 Å². The molecular weight excluding hydrogens is 218 g/mol. The highest BCUT2D eigenvalue weighted by atomic mass is 32.2. The summed E-state index contributed by atoms with van der Waals surface area (Å²) in [6, 6.07) is 0. The van der Waals surface area contributed by atoms with Gasteiger partial charge in [-0.3, -0.25) is 0 Å². The standard InChI is InChI=1S/C13H29NOS/c1-3-5-7-13(4-2)12-14-8-11-16-10-6-9-15/h13-15H,3-12H2,1-2H3. The summed E-state index contributed by atoms with van der Waals surface area (Å²) in [6.07, 6.45) is 6.28. The van der Waals surface area contributed by atoms with Gasteiger partial charge in [0.25, 0.3) is 0 Å². The molecule has 0 aliphatic heterocycles. The number of aliphatic hydroxyl groups excluding tert-OH is 1. The van der Waals surface area contributed by atoms with E-state index in [1.807, 2.05) is 11.8 Å². The number of hydrogen-bond acceptors (Lipinski definition) is 3. The zero-order valence-corrected chi connectivity index (χ0v) is 11.8. The van der Waals surface area contributed by atoms with Gasteiger partial charge in [-0.25, -0.2) is 0 Å². The predicted octanol–water partition coefficient (Wildman–Crippen LogP) is 2.91. The van der Waals surface area contributed by atoms with Crippen LogP contribution in [0.2, 0.25) is 0 Å². The molecule has 16 heavy (non-hydrogen) atoms. The number of hydrogen-bond donors (Lipinski definition) is 2. The first-order valence-electron chi connectivity index (χ1n) is 6.74. The predicted molar refractivity (Wildman–Crippen MR) is 75.2 cm³/mol. The molecular formula is C13H29NOS. The molecule has 2 N–H and O–H groups in total. The van der Waals surface area contributed by atoms with Crippen LogP contribution >= 0.6 is 11.8 Å². The van der Waals surface area contributed by atoms with Crippen LogP contribution in [0.3, 0.4) is 0 Å². The van der Waals surface area contributed by atoms with Crippen molar-refractivity contribution >= 4 is 11.8 Å². The SMILES string of the molecule is CCCCC(CC)CNCCSCCCO. The maximum Gasteiger partial charge on any atom is 0.0438 e. The molecule has 0 aromatic rings. The van der Waals surface area contributed by atoms with Crippen LogP contribution in [-0.4, -0.2) is 36.3 Å². The third-order valence-corrected chi connectivity index (χ3v) is 3.92. The second-order valence-corrected chi connectivity index (χ2v) is 5.53. The van der Waals surface area contributed by atoms with Gasteiger partial charge in [0.2, 0.25) is 0 Å². The Morgan fingerprint density at radius 2 is 2.00 bits per heavy atom.